The molecule has 102 valence electrons. The average molecular weight is 260 g/mol. The molecule has 0 fully saturated rings. The third-order valence-corrected chi connectivity index (χ3v) is 3.02. The molecule has 1 aromatic rings. The second kappa shape index (κ2) is 8.28. The lowest BCUT2D eigenvalue weighted by atomic mass is 10.1. The second-order valence-electron chi connectivity index (χ2n) is 4.59. The molecule has 0 spiro atoms. The van der Waals surface area contributed by atoms with Crippen LogP contribution in [0.1, 0.15) is 30.4 Å². The Morgan fingerprint density at radius 1 is 1.26 bits per heavy atom. The molecule has 1 aromatic carbocycles. The molecule has 0 saturated carbocycles. The highest BCUT2D eigenvalue weighted by atomic mass is 16.2. The molecule has 0 unspecified atom stereocenters. The van der Waals surface area contributed by atoms with Gasteiger partial charge in [-0.2, -0.15) is 5.26 Å². The van der Waals surface area contributed by atoms with Gasteiger partial charge in [-0.25, -0.2) is 0 Å². The first kappa shape index (κ1) is 15.2. The first-order valence-corrected chi connectivity index (χ1v) is 6.51. The third kappa shape index (κ3) is 5.54. The summed E-state index contributed by atoms with van der Waals surface area (Å²) in [5.74, 6) is 0.0775. The van der Waals surface area contributed by atoms with Crippen molar-refractivity contribution in [3.8, 4) is 6.07 Å². The number of carbonyl (C=O) groups excluding carboxylic acids is 1. The smallest absolute Gasteiger partial charge is 0.226 e. The predicted octanol–water partition coefficient (Wildman–Crippen LogP) is 1.72. The van der Waals surface area contributed by atoms with Gasteiger partial charge in [-0.1, -0.05) is 12.1 Å². The lowest BCUT2D eigenvalue weighted by Crippen LogP contribution is -2.29. The van der Waals surface area contributed by atoms with Gasteiger partial charge in [0.05, 0.1) is 18.1 Å². The molecular formula is C15H20N2O2. The molecule has 0 atom stereocenters. The van der Waals surface area contributed by atoms with Crippen LogP contribution in [0.2, 0.25) is 0 Å². The van der Waals surface area contributed by atoms with Gasteiger partial charge in [-0.15, -0.1) is 0 Å². The van der Waals surface area contributed by atoms with Crippen LogP contribution in [0.15, 0.2) is 24.3 Å². The van der Waals surface area contributed by atoms with Gasteiger partial charge in [-0.05, 0) is 37.0 Å². The maximum absolute atomic E-state index is 11.9. The van der Waals surface area contributed by atoms with Crippen molar-refractivity contribution in [2.75, 3.05) is 20.2 Å². The fourth-order valence-electron chi connectivity index (χ4n) is 1.77. The van der Waals surface area contributed by atoms with Crippen molar-refractivity contribution < 1.29 is 9.90 Å². The molecule has 1 N–H and O–H groups in total. The number of unbranched alkanes of at least 4 members (excludes halogenated alkanes) is 2. The summed E-state index contributed by atoms with van der Waals surface area (Å²) < 4.78 is 0. The maximum Gasteiger partial charge on any atom is 0.226 e. The Bertz CT molecular complexity index is 434. The minimum Gasteiger partial charge on any atom is -0.396 e. The Morgan fingerprint density at radius 2 is 1.95 bits per heavy atom. The summed E-state index contributed by atoms with van der Waals surface area (Å²) in [6.45, 7) is 0.929. The highest BCUT2D eigenvalue weighted by molar-refractivity contribution is 5.78. The maximum atomic E-state index is 11.9. The Balaban J connectivity index is 2.38. The summed E-state index contributed by atoms with van der Waals surface area (Å²) in [5, 5.41) is 17.4. The van der Waals surface area contributed by atoms with E-state index in [2.05, 4.69) is 6.07 Å². The van der Waals surface area contributed by atoms with Crippen LogP contribution in [-0.4, -0.2) is 36.1 Å². The molecule has 0 aromatic heterocycles. The van der Waals surface area contributed by atoms with E-state index in [0.29, 0.717) is 12.0 Å². The van der Waals surface area contributed by atoms with Gasteiger partial charge >= 0.3 is 0 Å². The van der Waals surface area contributed by atoms with Gasteiger partial charge in [0.25, 0.3) is 0 Å². The lowest BCUT2D eigenvalue weighted by Gasteiger charge is -2.17. The van der Waals surface area contributed by atoms with Crippen LogP contribution in [0.3, 0.4) is 0 Å². The average Bonchev–Trinajstić information content (AvgIpc) is 2.44. The van der Waals surface area contributed by atoms with Crippen LogP contribution in [-0.2, 0) is 11.2 Å². The van der Waals surface area contributed by atoms with E-state index < -0.39 is 0 Å². The van der Waals surface area contributed by atoms with Crippen molar-refractivity contribution in [3.63, 3.8) is 0 Å². The molecule has 0 aliphatic rings. The SMILES string of the molecule is CN(CCCCCO)C(=O)Cc1ccc(C#N)cc1. The van der Waals surface area contributed by atoms with Crippen molar-refractivity contribution in [2.45, 2.75) is 25.7 Å². The van der Waals surface area contributed by atoms with E-state index in [9.17, 15) is 4.79 Å². The van der Waals surface area contributed by atoms with E-state index in [1.165, 1.54) is 0 Å². The number of aliphatic hydroxyl groups excluding tert-OH is 1. The minimum absolute atomic E-state index is 0.0775. The van der Waals surface area contributed by atoms with Gasteiger partial charge < -0.3 is 10.0 Å². The monoisotopic (exact) mass is 260 g/mol. The highest BCUT2D eigenvalue weighted by Crippen LogP contribution is 2.06. The van der Waals surface area contributed by atoms with E-state index in [4.69, 9.17) is 10.4 Å². The largest absolute Gasteiger partial charge is 0.396 e. The zero-order valence-electron chi connectivity index (χ0n) is 11.3. The summed E-state index contributed by atoms with van der Waals surface area (Å²) in [6.07, 6.45) is 3.00. The molecule has 0 aliphatic heterocycles. The second-order valence-corrected chi connectivity index (χ2v) is 4.59. The van der Waals surface area contributed by atoms with Crippen molar-refractivity contribution in [1.82, 2.24) is 4.90 Å². The molecule has 4 heteroatoms. The fourth-order valence-corrected chi connectivity index (χ4v) is 1.77. The quantitative estimate of drug-likeness (QED) is 0.759. The lowest BCUT2D eigenvalue weighted by molar-refractivity contribution is -0.129. The van der Waals surface area contributed by atoms with E-state index >= 15 is 0 Å². The van der Waals surface area contributed by atoms with Crippen molar-refractivity contribution in [2.24, 2.45) is 0 Å². The number of hydrogen-bond acceptors (Lipinski definition) is 3. The Labute approximate surface area is 114 Å². The molecule has 19 heavy (non-hydrogen) atoms. The van der Waals surface area contributed by atoms with Crippen LogP contribution in [0.25, 0.3) is 0 Å². The van der Waals surface area contributed by atoms with E-state index in [1.807, 2.05) is 12.1 Å². The van der Waals surface area contributed by atoms with Crippen molar-refractivity contribution in [3.05, 3.63) is 35.4 Å². The molecule has 0 heterocycles. The van der Waals surface area contributed by atoms with Crippen LogP contribution in [0.5, 0.6) is 0 Å². The highest BCUT2D eigenvalue weighted by Gasteiger charge is 2.09. The number of carbonyl (C=O) groups is 1. The first-order valence-electron chi connectivity index (χ1n) is 6.51. The van der Waals surface area contributed by atoms with Crippen LogP contribution >= 0.6 is 0 Å². The number of rotatable bonds is 7. The van der Waals surface area contributed by atoms with Gasteiger partial charge in [0.1, 0.15) is 0 Å². The summed E-state index contributed by atoms with van der Waals surface area (Å²) in [5.41, 5.74) is 1.53. The predicted molar refractivity (Wildman–Crippen MR) is 73.4 cm³/mol. The Morgan fingerprint density at radius 3 is 2.53 bits per heavy atom. The van der Waals surface area contributed by atoms with Crippen LogP contribution in [0.4, 0.5) is 0 Å². The first-order chi connectivity index (χ1) is 9.17. The van der Waals surface area contributed by atoms with Gasteiger partial charge in [0, 0.05) is 20.2 Å². The number of aliphatic hydroxyl groups is 1. The molecule has 1 amide bonds. The van der Waals surface area contributed by atoms with Crippen LogP contribution in [0, 0.1) is 11.3 Å². The zero-order valence-corrected chi connectivity index (χ0v) is 11.3. The zero-order chi connectivity index (χ0) is 14.1. The number of nitriles is 1. The topological polar surface area (TPSA) is 64.3 Å². The molecule has 0 radical (unpaired) electrons. The standard InChI is InChI=1S/C15H20N2O2/c1-17(9-3-2-4-10-18)15(19)11-13-5-7-14(12-16)8-6-13/h5-8,18H,2-4,9-11H2,1H3. The summed E-state index contributed by atoms with van der Waals surface area (Å²) in [7, 11) is 1.80. The van der Waals surface area contributed by atoms with Crippen molar-refractivity contribution >= 4 is 5.91 Å². The Kier molecular flexibility index (Phi) is 6.62. The van der Waals surface area contributed by atoms with Gasteiger partial charge in [0.15, 0.2) is 0 Å². The molecule has 0 aliphatic carbocycles. The normalized spacial score (nSPS) is 9.95. The Hall–Kier alpha value is -1.86. The summed E-state index contributed by atoms with van der Waals surface area (Å²) in [6, 6.07) is 9.14. The van der Waals surface area contributed by atoms with Gasteiger partial charge in [0.2, 0.25) is 5.91 Å². The van der Waals surface area contributed by atoms with E-state index in [0.717, 1.165) is 31.4 Å². The van der Waals surface area contributed by atoms with E-state index in [-0.39, 0.29) is 12.5 Å². The van der Waals surface area contributed by atoms with Crippen LogP contribution < -0.4 is 0 Å². The van der Waals surface area contributed by atoms with Crippen molar-refractivity contribution in [1.29, 1.82) is 5.26 Å². The molecule has 0 bridgehead atoms. The number of amides is 1. The number of likely N-dealkylation sites (N-methyl/N-ethyl adjacent to an activating group) is 1. The van der Waals surface area contributed by atoms with E-state index in [1.54, 1.807) is 24.1 Å². The summed E-state index contributed by atoms with van der Waals surface area (Å²) >= 11 is 0. The fraction of sp³-hybridized carbons (Fsp3) is 0.467. The number of hydrogen-bond donors (Lipinski definition) is 1. The third-order valence-electron chi connectivity index (χ3n) is 3.02. The minimum atomic E-state index is 0.0775. The number of benzene rings is 1. The molecule has 1 rings (SSSR count). The summed E-state index contributed by atoms with van der Waals surface area (Å²) in [4.78, 5) is 13.7. The molecule has 4 nitrogen and oxygen atoms in total. The molecular weight excluding hydrogens is 240 g/mol. The number of nitrogens with zero attached hydrogens (tertiary/aromatic N) is 2. The molecule has 0 saturated heterocycles. The van der Waals surface area contributed by atoms with Gasteiger partial charge in [-0.3, -0.25) is 4.79 Å².